The molecule has 4 atom stereocenters. The van der Waals surface area contributed by atoms with Crippen LogP contribution in [0.2, 0.25) is 0 Å². The van der Waals surface area contributed by atoms with Gasteiger partial charge in [-0.2, -0.15) is 145 Å². The number of halogens is 33. The van der Waals surface area contributed by atoms with Crippen LogP contribution in [0.4, 0.5) is 145 Å². The third-order valence-corrected chi connectivity index (χ3v) is 15.8. The van der Waals surface area contributed by atoms with Crippen molar-refractivity contribution in [3.05, 3.63) is 0 Å². The highest BCUT2D eigenvalue weighted by Crippen LogP contribution is 2.44. The molecule has 0 unspecified atom stereocenters. The Morgan fingerprint density at radius 2 is 0.450 bits per heavy atom. The molecule has 33 heteroatoms. The van der Waals surface area contributed by atoms with E-state index in [1.807, 2.05) is 27.7 Å². The molecule has 0 aliphatic carbocycles. The number of hydrogen-bond acceptors (Lipinski definition) is 0. The van der Waals surface area contributed by atoms with E-state index in [1.54, 1.807) is 20.8 Å². The summed E-state index contributed by atoms with van der Waals surface area (Å²) in [4.78, 5) is 0. The van der Waals surface area contributed by atoms with Crippen molar-refractivity contribution in [2.45, 2.75) is 428 Å². The Morgan fingerprint density at radius 3 is 0.633 bits per heavy atom. The van der Waals surface area contributed by atoms with Crippen molar-refractivity contribution in [3.63, 3.8) is 0 Å². The van der Waals surface area contributed by atoms with Crippen LogP contribution in [0.5, 0.6) is 0 Å². The monoisotopic (exact) mass is 1680 g/mol. The van der Waals surface area contributed by atoms with Gasteiger partial charge in [-0.1, -0.05) is 289 Å². The molecule has 0 radical (unpaired) electrons. The van der Waals surface area contributed by atoms with Gasteiger partial charge in [-0.3, -0.25) is 0 Å². The number of unbranched alkanes of at least 4 members (excludes halogenated alkanes) is 7. The van der Waals surface area contributed by atoms with Gasteiger partial charge in [0.1, 0.15) is 0 Å². The lowest BCUT2D eigenvalue weighted by Gasteiger charge is -2.22. The van der Waals surface area contributed by atoms with E-state index < -0.39 is 142 Å². The van der Waals surface area contributed by atoms with Crippen molar-refractivity contribution >= 4 is 0 Å². The predicted octanol–water partition coefficient (Wildman–Crippen LogP) is 37.0. The second-order valence-electron chi connectivity index (χ2n) is 30.1. The summed E-state index contributed by atoms with van der Waals surface area (Å²) in [5.41, 5.74) is 1.08. The first kappa shape index (κ1) is 133. The summed E-state index contributed by atoms with van der Waals surface area (Å²) in [6.07, 6.45) is -41.4. The highest BCUT2D eigenvalue weighted by atomic mass is 19.5. The fraction of sp³-hybridized carbons (Fsp3) is 1.00. The Bertz CT molecular complexity index is 1790. The zero-order valence-corrected chi connectivity index (χ0v) is 70.0. The molecule has 0 nitrogen and oxygen atoms in total. The Balaban J connectivity index is -0.0000000949. The zero-order valence-electron chi connectivity index (χ0n) is 70.0. The molecule has 0 heterocycles. The molecular formula is C76H143F33. The van der Waals surface area contributed by atoms with Gasteiger partial charge < -0.3 is 0 Å². The number of hydrogen-bond donors (Lipinski definition) is 0. The molecule has 109 heavy (non-hydrogen) atoms. The van der Waals surface area contributed by atoms with Crippen LogP contribution in [-0.2, 0) is 0 Å². The van der Waals surface area contributed by atoms with E-state index in [-0.39, 0.29) is 44.4 Å². The molecular weight excluding hydrogens is 1540 g/mol. The summed E-state index contributed by atoms with van der Waals surface area (Å²) >= 11 is 0. The second kappa shape index (κ2) is 67.8. The molecule has 0 rings (SSSR count). The summed E-state index contributed by atoms with van der Waals surface area (Å²) in [5, 5.41) is 0. The Hall–Kier alpha value is -2.31. The van der Waals surface area contributed by atoms with Crippen molar-refractivity contribution in [3.8, 4) is 0 Å². The lowest BCUT2D eigenvalue weighted by molar-refractivity contribution is -0.287. The van der Waals surface area contributed by atoms with Gasteiger partial charge in [0.25, 0.3) is 0 Å². The molecule has 0 fully saturated rings. The first-order valence-corrected chi connectivity index (χ1v) is 37.9. The summed E-state index contributed by atoms with van der Waals surface area (Å²) in [6, 6.07) is 0. The van der Waals surface area contributed by atoms with Gasteiger partial charge in [0, 0.05) is 25.7 Å². The van der Waals surface area contributed by atoms with E-state index in [2.05, 4.69) is 104 Å². The minimum Gasteiger partial charge on any atom is -0.171 e. The first-order chi connectivity index (χ1) is 48.1. The molecule has 0 aliphatic heterocycles. The van der Waals surface area contributed by atoms with Gasteiger partial charge >= 0.3 is 67.9 Å². The first-order valence-electron chi connectivity index (χ1n) is 37.9. The molecule has 0 amide bonds. The largest absolute Gasteiger partial charge is 0.400 e. The SMILES string of the molecule is CC(C)C(C)C.CCC(C)(C)C.CCC(C)(C)C.CCC(C)CC.CCCC(C(F)(F)F)C(F)(F)F.CCCCC(C(F)(F)F)C(F)(F)F.CCCCCC(F)(F)F.CCCCCCC(F)(F)F.CCCC[C@H](C)C(F)(F)F.CCC[C@H](C)C(F)(F)F.CCC[C@H](C)CC(F)(F)F.C[C@@H](CCC(F)(F)F)C(F)(F)F. The van der Waals surface area contributed by atoms with E-state index in [4.69, 9.17) is 0 Å². The maximum absolute atomic E-state index is 11.8. The van der Waals surface area contributed by atoms with Crippen LogP contribution in [0.25, 0.3) is 0 Å². The van der Waals surface area contributed by atoms with E-state index in [1.165, 1.54) is 46.5 Å². The smallest absolute Gasteiger partial charge is 0.171 e. The normalized spacial score (nSPS) is 13.7. The van der Waals surface area contributed by atoms with Crippen molar-refractivity contribution in [2.75, 3.05) is 0 Å². The number of rotatable bonds is 25. The molecule has 0 spiro atoms. The lowest BCUT2D eigenvalue weighted by Crippen LogP contribution is -2.36. The van der Waals surface area contributed by atoms with Crippen molar-refractivity contribution in [1.29, 1.82) is 0 Å². The highest BCUT2D eigenvalue weighted by Gasteiger charge is 2.56. The van der Waals surface area contributed by atoms with Gasteiger partial charge in [0.2, 0.25) is 0 Å². The minimum atomic E-state index is -5.17. The lowest BCUT2D eigenvalue weighted by atomic mass is 9.94. The standard InChI is InChI=1S/C7H10F6.3C7H13F3.2C6H8F6.2C6H11F3.4C6H14/c1-2-3-4-5(6(8,9)10)7(11,12)13;1-3-4-6(2)5-7(8,9)10;1-3-4-5-6(2)7(8,9)10;1-2-3-4-5-6-7(8,9)10;1-4(6(10,11)12)2-3-5(7,8)9;1-2-3-4(5(7,8)9)6(10,11)12;1-3-4-5(2)6(7,8)9;1-2-3-4-5-6(7,8)9;2*1-5-6(2,3)4;1-5(2)6(3)4;1-4-6(3)5-2/h5H,2-4H2,1H3;2*6H,3-5H2,1-2H3;2-6H2,1H3;2*4H,2-3H2,1H3;5H,3-4H2,1-2H3;2-5H2,1H3;2*5H2,1-4H3;5-6H,1-4H3;6H,4-5H2,1-3H3/t;2*6-;;4-;;5-;;;;;/m.00.0.0...../s1. The van der Waals surface area contributed by atoms with Gasteiger partial charge in [0.05, 0.1) is 17.8 Å². The van der Waals surface area contributed by atoms with Crippen LogP contribution in [-0.4, -0.2) is 67.9 Å². The van der Waals surface area contributed by atoms with E-state index in [0.717, 1.165) is 56.8 Å². The molecule has 0 aromatic heterocycles. The maximum atomic E-state index is 11.8. The quantitative estimate of drug-likeness (QED) is 0.0631. The Kier molecular flexibility index (Phi) is 82.7. The maximum Gasteiger partial charge on any atom is 0.400 e. The van der Waals surface area contributed by atoms with Crippen molar-refractivity contribution in [1.82, 2.24) is 0 Å². The molecule has 0 aliphatic rings. The van der Waals surface area contributed by atoms with Crippen LogP contribution >= 0.6 is 0 Å². The third kappa shape index (κ3) is 127. The zero-order chi connectivity index (χ0) is 90.5. The fourth-order valence-corrected chi connectivity index (χ4v) is 6.14. The molecule has 0 saturated carbocycles. The van der Waals surface area contributed by atoms with E-state index >= 15 is 0 Å². The third-order valence-electron chi connectivity index (χ3n) is 15.8. The van der Waals surface area contributed by atoms with Crippen LogP contribution in [0.3, 0.4) is 0 Å². The molecule has 0 aromatic rings. The average molecular weight is 1680 g/mol. The second-order valence-corrected chi connectivity index (χ2v) is 30.1. The van der Waals surface area contributed by atoms with Crippen molar-refractivity contribution in [2.24, 2.45) is 64.1 Å². The molecule has 0 N–H and O–H groups in total. The summed E-state index contributed by atoms with van der Waals surface area (Å²) in [7, 11) is 0. The van der Waals surface area contributed by atoms with Crippen LogP contribution in [0.1, 0.15) is 360 Å². The van der Waals surface area contributed by atoms with Crippen LogP contribution in [0.15, 0.2) is 0 Å². The predicted molar refractivity (Wildman–Crippen MR) is 380 cm³/mol. The summed E-state index contributed by atoms with van der Waals surface area (Å²) in [6.45, 7) is 50.6. The fourth-order valence-electron chi connectivity index (χ4n) is 6.14. The minimum absolute atomic E-state index is 0.0658. The van der Waals surface area contributed by atoms with Crippen LogP contribution < -0.4 is 0 Å². The Labute approximate surface area is 635 Å². The molecule has 0 bridgehead atoms. The number of alkyl halides is 33. The van der Waals surface area contributed by atoms with Gasteiger partial charge in [-0.25, -0.2) is 0 Å². The average Bonchev–Trinajstić information content (AvgIpc) is 0.839. The van der Waals surface area contributed by atoms with E-state index in [0.29, 0.717) is 49.4 Å². The van der Waals surface area contributed by atoms with Gasteiger partial charge in [-0.15, -0.1) is 0 Å². The molecule has 0 aromatic carbocycles. The van der Waals surface area contributed by atoms with Crippen molar-refractivity contribution < 1.29 is 145 Å². The summed E-state index contributed by atoms with van der Waals surface area (Å²) < 4.78 is 384. The van der Waals surface area contributed by atoms with Gasteiger partial charge in [0.15, 0.2) is 11.8 Å². The van der Waals surface area contributed by atoms with Crippen LogP contribution in [0, 0.1) is 64.1 Å². The highest BCUT2D eigenvalue weighted by molar-refractivity contribution is 4.76. The van der Waals surface area contributed by atoms with Gasteiger partial charge in [-0.05, 0) is 79.4 Å². The molecule has 678 valence electrons. The molecule has 0 saturated heterocycles. The topological polar surface area (TPSA) is 0 Å². The Morgan fingerprint density at radius 1 is 0.211 bits per heavy atom. The van der Waals surface area contributed by atoms with E-state index in [9.17, 15) is 145 Å². The summed E-state index contributed by atoms with van der Waals surface area (Å²) in [5.74, 6) is -8.07.